The molecule has 1 heterocycles. The van der Waals surface area contributed by atoms with Crippen molar-refractivity contribution in [2.24, 2.45) is 5.92 Å². The Balaban J connectivity index is 2.31. The van der Waals surface area contributed by atoms with Crippen LogP contribution in [-0.4, -0.2) is 24.2 Å². The first-order valence-electron chi connectivity index (χ1n) is 5.67. The summed E-state index contributed by atoms with van der Waals surface area (Å²) < 4.78 is 5.45. The normalized spacial score (nSPS) is 13.3. The number of aromatic nitrogens is 1. The van der Waals surface area contributed by atoms with E-state index in [-0.39, 0.29) is 0 Å². The maximum Gasteiger partial charge on any atom is 0.0622 e. The number of ether oxygens (including phenoxy) is 1. The van der Waals surface area contributed by atoms with E-state index in [2.05, 4.69) is 30.2 Å². The largest absolute Gasteiger partial charge is 0.380 e. The maximum atomic E-state index is 5.45. The Morgan fingerprint density at radius 3 is 2.80 bits per heavy atom. The van der Waals surface area contributed by atoms with Crippen LogP contribution in [0.1, 0.15) is 26.5 Å². The van der Waals surface area contributed by atoms with Gasteiger partial charge in [0.05, 0.1) is 6.61 Å². The maximum absolute atomic E-state index is 5.45. The summed E-state index contributed by atoms with van der Waals surface area (Å²) >= 11 is 0. The first kappa shape index (κ1) is 12.3. The molecule has 1 atom stereocenters. The van der Waals surface area contributed by atoms with E-state index in [1.165, 1.54) is 5.69 Å². The summed E-state index contributed by atoms with van der Waals surface area (Å²) in [5, 5.41) is 3.50. The van der Waals surface area contributed by atoms with Gasteiger partial charge in [-0.1, -0.05) is 13.8 Å². The average molecular weight is 210 g/mol. The minimum Gasteiger partial charge on any atom is -0.380 e. The Morgan fingerprint density at radius 1 is 1.47 bits per heavy atom. The number of nitrogens with one attached hydrogen (secondary N) is 2. The highest BCUT2D eigenvalue weighted by molar-refractivity contribution is 5.03. The minimum absolute atomic E-state index is 0.424. The third kappa shape index (κ3) is 4.49. The van der Waals surface area contributed by atoms with Gasteiger partial charge in [0.25, 0.3) is 0 Å². The SMILES string of the molecule is CCOCC(NCc1ccc[nH]1)C(C)C. The van der Waals surface area contributed by atoms with E-state index in [9.17, 15) is 0 Å². The first-order valence-corrected chi connectivity index (χ1v) is 5.67. The predicted molar refractivity (Wildman–Crippen MR) is 62.8 cm³/mol. The molecule has 0 radical (unpaired) electrons. The molecular weight excluding hydrogens is 188 g/mol. The summed E-state index contributed by atoms with van der Waals surface area (Å²) in [6, 6.07) is 4.53. The van der Waals surface area contributed by atoms with Gasteiger partial charge >= 0.3 is 0 Å². The lowest BCUT2D eigenvalue weighted by atomic mass is 10.1. The van der Waals surface area contributed by atoms with Crippen LogP contribution < -0.4 is 5.32 Å². The molecule has 1 aromatic rings. The van der Waals surface area contributed by atoms with Gasteiger partial charge in [-0.15, -0.1) is 0 Å². The minimum atomic E-state index is 0.424. The van der Waals surface area contributed by atoms with Crippen molar-refractivity contribution in [3.8, 4) is 0 Å². The van der Waals surface area contributed by atoms with E-state index < -0.39 is 0 Å². The molecule has 0 saturated carbocycles. The van der Waals surface area contributed by atoms with Gasteiger partial charge in [-0.2, -0.15) is 0 Å². The van der Waals surface area contributed by atoms with Crippen molar-refractivity contribution < 1.29 is 4.74 Å². The molecule has 0 amide bonds. The van der Waals surface area contributed by atoms with Crippen molar-refractivity contribution in [1.29, 1.82) is 0 Å². The molecule has 15 heavy (non-hydrogen) atoms. The van der Waals surface area contributed by atoms with Crippen LogP contribution in [0.2, 0.25) is 0 Å². The second kappa shape index (κ2) is 6.64. The Labute approximate surface area is 92.2 Å². The molecule has 0 aliphatic heterocycles. The van der Waals surface area contributed by atoms with Crippen LogP contribution in [0.4, 0.5) is 0 Å². The second-order valence-electron chi connectivity index (χ2n) is 4.09. The van der Waals surface area contributed by atoms with E-state index in [1.807, 2.05) is 19.2 Å². The Hall–Kier alpha value is -0.800. The molecule has 3 nitrogen and oxygen atoms in total. The molecule has 0 spiro atoms. The lowest BCUT2D eigenvalue weighted by molar-refractivity contribution is 0.107. The average Bonchev–Trinajstić information content (AvgIpc) is 2.70. The van der Waals surface area contributed by atoms with Gasteiger partial charge in [-0.3, -0.25) is 0 Å². The highest BCUT2D eigenvalue weighted by Crippen LogP contribution is 2.04. The number of hydrogen-bond acceptors (Lipinski definition) is 2. The topological polar surface area (TPSA) is 37.0 Å². The van der Waals surface area contributed by atoms with E-state index in [0.29, 0.717) is 12.0 Å². The molecule has 3 heteroatoms. The fraction of sp³-hybridized carbons (Fsp3) is 0.667. The van der Waals surface area contributed by atoms with E-state index in [4.69, 9.17) is 4.74 Å². The molecule has 0 aliphatic carbocycles. The van der Waals surface area contributed by atoms with Gasteiger partial charge in [-0.25, -0.2) is 0 Å². The van der Waals surface area contributed by atoms with E-state index in [1.54, 1.807) is 0 Å². The van der Waals surface area contributed by atoms with Crippen molar-refractivity contribution >= 4 is 0 Å². The van der Waals surface area contributed by atoms with Gasteiger partial charge in [-0.05, 0) is 25.0 Å². The van der Waals surface area contributed by atoms with Gasteiger partial charge in [0.2, 0.25) is 0 Å². The molecule has 0 saturated heterocycles. The monoisotopic (exact) mass is 210 g/mol. The van der Waals surface area contributed by atoms with Crippen LogP contribution in [0.25, 0.3) is 0 Å². The van der Waals surface area contributed by atoms with Crippen molar-refractivity contribution in [2.75, 3.05) is 13.2 Å². The molecule has 0 aliphatic rings. The van der Waals surface area contributed by atoms with Gasteiger partial charge in [0, 0.05) is 31.1 Å². The quantitative estimate of drug-likeness (QED) is 0.723. The summed E-state index contributed by atoms with van der Waals surface area (Å²) in [5.74, 6) is 0.589. The molecule has 1 aromatic heterocycles. The van der Waals surface area contributed by atoms with Crippen LogP contribution in [0, 0.1) is 5.92 Å². The van der Waals surface area contributed by atoms with Crippen molar-refractivity contribution in [3.63, 3.8) is 0 Å². The fourth-order valence-corrected chi connectivity index (χ4v) is 1.45. The first-order chi connectivity index (χ1) is 7.24. The summed E-state index contributed by atoms with van der Waals surface area (Å²) in [7, 11) is 0. The van der Waals surface area contributed by atoms with Crippen molar-refractivity contribution in [2.45, 2.75) is 33.4 Å². The zero-order chi connectivity index (χ0) is 11.1. The highest BCUT2D eigenvalue weighted by Gasteiger charge is 2.12. The summed E-state index contributed by atoms with van der Waals surface area (Å²) in [6.45, 7) is 8.91. The molecule has 86 valence electrons. The fourth-order valence-electron chi connectivity index (χ4n) is 1.45. The third-order valence-corrected chi connectivity index (χ3v) is 2.52. The van der Waals surface area contributed by atoms with E-state index >= 15 is 0 Å². The molecule has 0 bridgehead atoms. The number of H-pyrrole nitrogens is 1. The summed E-state index contributed by atoms with van der Waals surface area (Å²) in [6.07, 6.45) is 1.95. The third-order valence-electron chi connectivity index (χ3n) is 2.52. The second-order valence-corrected chi connectivity index (χ2v) is 4.09. The van der Waals surface area contributed by atoms with Crippen molar-refractivity contribution in [3.05, 3.63) is 24.0 Å². The van der Waals surface area contributed by atoms with Gasteiger partial charge < -0.3 is 15.0 Å². The summed E-state index contributed by atoms with van der Waals surface area (Å²) in [5.41, 5.74) is 1.22. The molecule has 1 rings (SSSR count). The Kier molecular flexibility index (Phi) is 5.43. The Morgan fingerprint density at radius 2 is 2.27 bits per heavy atom. The summed E-state index contributed by atoms with van der Waals surface area (Å²) in [4.78, 5) is 3.18. The standard InChI is InChI=1S/C12H22N2O/c1-4-15-9-12(10(2)3)14-8-11-6-5-7-13-11/h5-7,10,12-14H,4,8-9H2,1-3H3. The van der Waals surface area contributed by atoms with Crippen molar-refractivity contribution in [1.82, 2.24) is 10.3 Å². The lowest BCUT2D eigenvalue weighted by Gasteiger charge is -2.21. The predicted octanol–water partition coefficient (Wildman–Crippen LogP) is 2.17. The number of aromatic amines is 1. The van der Waals surface area contributed by atoms with Crippen LogP contribution in [0.3, 0.4) is 0 Å². The molecule has 0 aromatic carbocycles. The molecule has 2 N–H and O–H groups in total. The van der Waals surface area contributed by atoms with Crippen LogP contribution >= 0.6 is 0 Å². The molecule has 1 unspecified atom stereocenters. The molecule has 0 fully saturated rings. The zero-order valence-corrected chi connectivity index (χ0v) is 9.92. The van der Waals surface area contributed by atoms with Gasteiger partial charge in [0.15, 0.2) is 0 Å². The van der Waals surface area contributed by atoms with E-state index in [0.717, 1.165) is 19.8 Å². The number of rotatable bonds is 7. The molecular formula is C12H22N2O. The Bertz CT molecular complexity index is 244. The number of hydrogen-bond donors (Lipinski definition) is 2. The van der Waals surface area contributed by atoms with Crippen LogP contribution in [-0.2, 0) is 11.3 Å². The van der Waals surface area contributed by atoms with Crippen LogP contribution in [0.15, 0.2) is 18.3 Å². The smallest absolute Gasteiger partial charge is 0.0622 e. The van der Waals surface area contributed by atoms with Crippen LogP contribution in [0.5, 0.6) is 0 Å². The highest BCUT2D eigenvalue weighted by atomic mass is 16.5. The van der Waals surface area contributed by atoms with Gasteiger partial charge in [0.1, 0.15) is 0 Å². The lowest BCUT2D eigenvalue weighted by Crippen LogP contribution is -2.37. The zero-order valence-electron chi connectivity index (χ0n) is 9.92.